The van der Waals surface area contributed by atoms with E-state index in [1.807, 2.05) is 22.7 Å². The Morgan fingerprint density at radius 1 is 0.357 bits per heavy atom. The summed E-state index contributed by atoms with van der Waals surface area (Å²) >= 11 is 3.82. The monoisotopic (exact) mass is 570 g/mol. The van der Waals surface area contributed by atoms with Crippen molar-refractivity contribution in [3.63, 3.8) is 0 Å². The van der Waals surface area contributed by atoms with Crippen molar-refractivity contribution in [2.75, 3.05) is 0 Å². The fourth-order valence-electron chi connectivity index (χ4n) is 6.97. The van der Waals surface area contributed by atoms with Crippen molar-refractivity contribution in [3.8, 4) is 11.4 Å². The third-order valence-corrected chi connectivity index (χ3v) is 11.2. The summed E-state index contributed by atoms with van der Waals surface area (Å²) in [5.74, 6) is 0. The molecule has 4 aromatic heterocycles. The van der Waals surface area contributed by atoms with Crippen molar-refractivity contribution in [1.29, 1.82) is 0 Å². The molecule has 196 valence electrons. The zero-order chi connectivity index (χ0) is 27.4. The number of thiophene rings is 2. The molecular weight excluding hydrogens is 549 g/mol. The molecule has 0 aliphatic heterocycles. The van der Waals surface area contributed by atoms with Gasteiger partial charge in [-0.2, -0.15) is 0 Å². The smallest absolute Gasteiger partial charge is 0.0890 e. The summed E-state index contributed by atoms with van der Waals surface area (Å²) in [6.45, 7) is 0. The lowest BCUT2D eigenvalue weighted by atomic mass is 10.1. The summed E-state index contributed by atoms with van der Waals surface area (Å²) in [5.41, 5.74) is 7.30. The van der Waals surface area contributed by atoms with Crippen molar-refractivity contribution in [2.45, 2.75) is 0 Å². The van der Waals surface area contributed by atoms with E-state index >= 15 is 0 Å². The fourth-order valence-corrected chi connectivity index (χ4v) is 9.55. The predicted molar refractivity (Wildman–Crippen MR) is 183 cm³/mol. The highest BCUT2D eigenvalue weighted by molar-refractivity contribution is 7.44. The first kappa shape index (κ1) is 22.8. The standard InChI is InChI=1S/C38H22N2S2/c1-5-13-31-25(9-1)26-10-2-6-14-32(26)39(31)23-17-19-34-29(21-23)27-11-3-7-15-33(27)40(34)24-18-20-36-30(22-24)37-28-12-4-8-16-35(28)41-38(37)42-36/h1-22H. The van der Waals surface area contributed by atoms with Gasteiger partial charge in [0, 0.05) is 58.5 Å². The Morgan fingerprint density at radius 2 is 0.810 bits per heavy atom. The Balaban J connectivity index is 1.26. The van der Waals surface area contributed by atoms with Gasteiger partial charge in [-0.25, -0.2) is 0 Å². The molecule has 10 rings (SSSR count). The molecule has 0 aliphatic carbocycles. The molecule has 0 amide bonds. The summed E-state index contributed by atoms with van der Waals surface area (Å²) in [6.07, 6.45) is 0. The minimum absolute atomic E-state index is 1.18. The van der Waals surface area contributed by atoms with Crippen LogP contribution in [0.4, 0.5) is 0 Å². The molecule has 0 saturated heterocycles. The summed E-state index contributed by atoms with van der Waals surface area (Å²) in [7, 11) is 0. The van der Waals surface area contributed by atoms with Gasteiger partial charge in [-0.05, 0) is 60.7 Å². The number of nitrogens with zero attached hydrogens (tertiary/aromatic N) is 2. The third kappa shape index (κ3) is 2.98. The average Bonchev–Trinajstić information content (AvgIpc) is 3.77. The van der Waals surface area contributed by atoms with Gasteiger partial charge in [-0.3, -0.25) is 0 Å². The number of benzene rings is 6. The number of para-hydroxylation sites is 3. The predicted octanol–water partition coefficient (Wildman–Crippen LogP) is 11.5. The summed E-state index contributed by atoms with van der Waals surface area (Å²) < 4.78 is 8.96. The molecule has 0 bridgehead atoms. The molecular formula is C38H22N2S2. The second-order valence-electron chi connectivity index (χ2n) is 11.0. The van der Waals surface area contributed by atoms with Crippen LogP contribution < -0.4 is 0 Å². The van der Waals surface area contributed by atoms with Gasteiger partial charge in [0.15, 0.2) is 0 Å². The Labute approximate surface area is 248 Å². The van der Waals surface area contributed by atoms with Crippen molar-refractivity contribution in [1.82, 2.24) is 9.13 Å². The number of hydrogen-bond acceptors (Lipinski definition) is 2. The Bertz CT molecular complexity index is 2640. The molecule has 6 aromatic carbocycles. The van der Waals surface area contributed by atoms with E-state index in [4.69, 9.17) is 0 Å². The largest absolute Gasteiger partial charge is 0.309 e. The van der Waals surface area contributed by atoms with E-state index in [0.717, 1.165) is 0 Å². The van der Waals surface area contributed by atoms with E-state index in [1.165, 1.54) is 84.6 Å². The maximum absolute atomic E-state index is 2.44. The summed E-state index contributed by atoms with van der Waals surface area (Å²) in [4.78, 5) is 0. The number of hydrogen-bond donors (Lipinski definition) is 0. The highest BCUT2D eigenvalue weighted by Crippen LogP contribution is 2.45. The van der Waals surface area contributed by atoms with Crippen LogP contribution in [0.25, 0.3) is 84.6 Å². The van der Waals surface area contributed by atoms with Crippen molar-refractivity contribution < 1.29 is 0 Å². The normalized spacial score (nSPS) is 12.3. The van der Waals surface area contributed by atoms with E-state index in [-0.39, 0.29) is 0 Å². The van der Waals surface area contributed by atoms with Gasteiger partial charge >= 0.3 is 0 Å². The molecule has 0 atom stereocenters. The van der Waals surface area contributed by atoms with Crippen LogP contribution in [0, 0.1) is 0 Å². The first-order valence-corrected chi connectivity index (χ1v) is 15.8. The second-order valence-corrected chi connectivity index (χ2v) is 13.3. The Hall–Kier alpha value is -4.90. The molecule has 0 unspecified atom stereocenters. The van der Waals surface area contributed by atoms with Crippen LogP contribution in [-0.4, -0.2) is 9.13 Å². The van der Waals surface area contributed by atoms with Gasteiger partial charge in [0.1, 0.15) is 0 Å². The molecule has 0 radical (unpaired) electrons. The fraction of sp³-hybridized carbons (Fsp3) is 0. The van der Waals surface area contributed by atoms with Crippen molar-refractivity contribution >= 4 is 95.9 Å². The lowest BCUT2D eigenvalue weighted by molar-refractivity contribution is 1.17. The number of aromatic nitrogens is 2. The molecule has 0 aliphatic rings. The van der Waals surface area contributed by atoms with Gasteiger partial charge in [-0.1, -0.05) is 72.8 Å². The van der Waals surface area contributed by atoms with Gasteiger partial charge in [0.2, 0.25) is 0 Å². The minimum atomic E-state index is 1.18. The molecule has 4 heterocycles. The van der Waals surface area contributed by atoms with Crippen LogP contribution in [0.15, 0.2) is 133 Å². The van der Waals surface area contributed by atoms with Crippen LogP contribution in [-0.2, 0) is 0 Å². The molecule has 42 heavy (non-hydrogen) atoms. The van der Waals surface area contributed by atoms with Crippen molar-refractivity contribution in [3.05, 3.63) is 133 Å². The average molecular weight is 571 g/mol. The molecule has 10 aromatic rings. The lowest BCUT2D eigenvalue weighted by Crippen LogP contribution is -1.95. The third-order valence-electron chi connectivity index (χ3n) is 8.75. The number of rotatable bonds is 2. The van der Waals surface area contributed by atoms with E-state index in [1.54, 1.807) is 0 Å². The lowest BCUT2D eigenvalue weighted by Gasteiger charge is -2.10. The molecule has 0 N–H and O–H groups in total. The highest BCUT2D eigenvalue weighted by atomic mass is 32.2. The van der Waals surface area contributed by atoms with Crippen LogP contribution in [0.5, 0.6) is 0 Å². The van der Waals surface area contributed by atoms with Crippen molar-refractivity contribution in [2.24, 2.45) is 0 Å². The van der Waals surface area contributed by atoms with E-state index in [0.29, 0.717) is 0 Å². The Kier molecular flexibility index (Phi) is 4.51. The zero-order valence-electron chi connectivity index (χ0n) is 22.4. The van der Waals surface area contributed by atoms with Gasteiger partial charge in [0.05, 0.1) is 26.1 Å². The summed E-state index contributed by atoms with van der Waals surface area (Å²) in [6, 6.07) is 49.0. The van der Waals surface area contributed by atoms with Crippen LogP contribution in [0.3, 0.4) is 0 Å². The molecule has 2 nitrogen and oxygen atoms in total. The first-order valence-electron chi connectivity index (χ1n) is 14.2. The van der Waals surface area contributed by atoms with Crippen LogP contribution >= 0.6 is 22.7 Å². The van der Waals surface area contributed by atoms with Crippen LogP contribution in [0.2, 0.25) is 0 Å². The van der Waals surface area contributed by atoms with E-state index in [2.05, 4.69) is 143 Å². The maximum Gasteiger partial charge on any atom is 0.0890 e. The minimum Gasteiger partial charge on any atom is -0.309 e. The molecule has 0 spiro atoms. The topological polar surface area (TPSA) is 9.86 Å². The maximum atomic E-state index is 2.44. The van der Waals surface area contributed by atoms with Gasteiger partial charge < -0.3 is 9.13 Å². The molecule has 4 heteroatoms. The van der Waals surface area contributed by atoms with E-state index in [9.17, 15) is 0 Å². The SMILES string of the molecule is c1ccc2c(c1)sc1sc3ccc(-n4c5ccccc5c5cc(-n6c7ccccc7c7ccccc76)ccc54)cc3c12. The van der Waals surface area contributed by atoms with Gasteiger partial charge in [-0.15, -0.1) is 22.7 Å². The molecule has 0 fully saturated rings. The first-order chi connectivity index (χ1) is 20.8. The van der Waals surface area contributed by atoms with Crippen LogP contribution in [0.1, 0.15) is 0 Å². The van der Waals surface area contributed by atoms with Gasteiger partial charge in [0.25, 0.3) is 0 Å². The Morgan fingerprint density at radius 3 is 1.45 bits per heavy atom. The summed E-state index contributed by atoms with van der Waals surface area (Å²) in [5, 5.41) is 9.20. The molecule has 0 saturated carbocycles. The zero-order valence-corrected chi connectivity index (χ0v) is 24.0. The number of fused-ring (bicyclic) bond motifs is 11. The second kappa shape index (κ2) is 8.32. The highest BCUT2D eigenvalue weighted by Gasteiger charge is 2.18. The quantitative estimate of drug-likeness (QED) is 0.196. The van der Waals surface area contributed by atoms with E-state index < -0.39 is 0 Å².